The second-order valence-electron chi connectivity index (χ2n) is 4.58. The van der Waals surface area contributed by atoms with Gasteiger partial charge >= 0.3 is 0 Å². The van der Waals surface area contributed by atoms with Crippen LogP contribution in [0.3, 0.4) is 0 Å². The van der Waals surface area contributed by atoms with Crippen LogP contribution >= 0.6 is 0 Å². The zero-order valence-electron chi connectivity index (χ0n) is 9.57. The molecular formula is C10H16N4O2S. The number of hydrogen-bond donors (Lipinski definition) is 2. The van der Waals surface area contributed by atoms with Crippen LogP contribution in [0.2, 0.25) is 0 Å². The minimum Gasteiger partial charge on any atom is -0.352 e. The average Bonchev–Trinajstić information content (AvgIpc) is 2.71. The summed E-state index contributed by atoms with van der Waals surface area (Å²) in [4.78, 5) is 2.16. The van der Waals surface area contributed by atoms with Crippen LogP contribution in [-0.4, -0.2) is 50.5 Å². The van der Waals surface area contributed by atoms with E-state index in [1.807, 2.05) is 0 Å². The molecule has 6 nitrogen and oxygen atoms in total. The first kappa shape index (κ1) is 11.0. The summed E-state index contributed by atoms with van der Waals surface area (Å²) in [6.07, 6.45) is 0.566. The van der Waals surface area contributed by atoms with E-state index in [0.717, 1.165) is 43.3 Å². The van der Waals surface area contributed by atoms with E-state index in [1.165, 1.54) is 0 Å². The maximum absolute atomic E-state index is 11.7. The highest BCUT2D eigenvalue weighted by Crippen LogP contribution is 2.27. The van der Waals surface area contributed by atoms with Gasteiger partial charge in [0.2, 0.25) is 0 Å². The van der Waals surface area contributed by atoms with E-state index < -0.39 is 9.84 Å². The third kappa shape index (κ3) is 2.04. The number of aromatic nitrogens is 2. The molecule has 0 amide bonds. The molecule has 3 heterocycles. The standard InChI is InChI=1S/C10H16N4O2S/c15-17(16)6-1-9-8(7-17)10(13-12-9)14-4-2-11-3-5-14/h11H,1-7H2,(H,12,13). The first-order chi connectivity index (χ1) is 8.16. The molecule has 0 bridgehead atoms. The summed E-state index contributed by atoms with van der Waals surface area (Å²) in [5.74, 6) is 1.21. The van der Waals surface area contributed by atoms with Crippen molar-refractivity contribution in [2.75, 3.05) is 36.8 Å². The van der Waals surface area contributed by atoms with E-state index in [1.54, 1.807) is 0 Å². The predicted molar refractivity (Wildman–Crippen MR) is 64.9 cm³/mol. The summed E-state index contributed by atoms with van der Waals surface area (Å²) in [6, 6.07) is 0. The molecule has 1 aromatic heterocycles. The fraction of sp³-hybridized carbons (Fsp3) is 0.700. The summed E-state index contributed by atoms with van der Waals surface area (Å²) in [7, 11) is -2.93. The van der Waals surface area contributed by atoms with Crippen molar-refractivity contribution >= 4 is 15.7 Å². The van der Waals surface area contributed by atoms with Crippen molar-refractivity contribution < 1.29 is 8.42 Å². The zero-order valence-corrected chi connectivity index (χ0v) is 10.4. The number of nitrogens with one attached hydrogen (secondary N) is 2. The van der Waals surface area contributed by atoms with Gasteiger partial charge in [0.1, 0.15) is 0 Å². The highest BCUT2D eigenvalue weighted by molar-refractivity contribution is 7.90. The first-order valence-corrected chi connectivity index (χ1v) is 7.70. The Bertz CT molecular complexity index is 516. The van der Waals surface area contributed by atoms with Crippen LogP contribution in [0, 0.1) is 0 Å². The van der Waals surface area contributed by atoms with Crippen LogP contribution in [0.4, 0.5) is 5.82 Å². The number of sulfone groups is 1. The molecule has 2 N–H and O–H groups in total. The van der Waals surface area contributed by atoms with Crippen molar-refractivity contribution in [2.45, 2.75) is 12.2 Å². The van der Waals surface area contributed by atoms with Gasteiger partial charge in [-0.3, -0.25) is 5.10 Å². The van der Waals surface area contributed by atoms with E-state index in [2.05, 4.69) is 20.4 Å². The second-order valence-corrected chi connectivity index (χ2v) is 6.77. The molecule has 0 spiro atoms. The minimum absolute atomic E-state index is 0.137. The molecule has 0 atom stereocenters. The molecule has 0 aliphatic carbocycles. The molecule has 2 aliphatic rings. The summed E-state index contributed by atoms with van der Waals surface area (Å²) in [5.41, 5.74) is 1.88. The highest BCUT2D eigenvalue weighted by atomic mass is 32.2. The maximum Gasteiger partial charge on any atom is 0.155 e. The smallest absolute Gasteiger partial charge is 0.155 e. The molecule has 1 saturated heterocycles. The largest absolute Gasteiger partial charge is 0.352 e. The van der Waals surface area contributed by atoms with Crippen molar-refractivity contribution in [3.8, 4) is 0 Å². The topological polar surface area (TPSA) is 78.1 Å². The van der Waals surface area contributed by atoms with Gasteiger partial charge in [0.25, 0.3) is 0 Å². The number of piperazine rings is 1. The number of H-pyrrole nitrogens is 1. The van der Waals surface area contributed by atoms with Gasteiger partial charge in [-0.25, -0.2) is 8.42 Å². The SMILES string of the molecule is O=S1(=O)CCc2[nH]nc(N3CCNCC3)c2C1. The fourth-order valence-electron chi connectivity index (χ4n) is 2.44. The Labute approximate surface area is 100 Å². The lowest BCUT2D eigenvalue weighted by Crippen LogP contribution is -2.44. The molecule has 1 fully saturated rings. The average molecular weight is 256 g/mol. The number of aryl methyl sites for hydroxylation is 1. The molecule has 94 valence electrons. The lowest BCUT2D eigenvalue weighted by molar-refractivity contribution is 0.581. The molecule has 17 heavy (non-hydrogen) atoms. The van der Waals surface area contributed by atoms with Gasteiger partial charge in [-0.05, 0) is 0 Å². The third-order valence-corrected chi connectivity index (χ3v) is 4.93. The number of hydrogen-bond acceptors (Lipinski definition) is 5. The van der Waals surface area contributed by atoms with Crippen LogP contribution in [-0.2, 0) is 22.0 Å². The molecule has 0 unspecified atom stereocenters. The van der Waals surface area contributed by atoms with Crippen LogP contribution in [0.25, 0.3) is 0 Å². The summed E-state index contributed by atoms with van der Waals surface area (Å²) < 4.78 is 23.3. The molecule has 3 rings (SSSR count). The normalized spacial score (nSPS) is 23.4. The molecule has 1 aromatic rings. The number of nitrogens with zero attached hydrogens (tertiary/aromatic N) is 2. The van der Waals surface area contributed by atoms with Crippen LogP contribution in [0.1, 0.15) is 11.3 Å². The Hall–Kier alpha value is -1.08. The lowest BCUT2D eigenvalue weighted by Gasteiger charge is -2.28. The van der Waals surface area contributed by atoms with Gasteiger partial charge in [-0.15, -0.1) is 0 Å². The van der Waals surface area contributed by atoms with E-state index >= 15 is 0 Å². The van der Waals surface area contributed by atoms with Gasteiger partial charge in [-0.1, -0.05) is 0 Å². The van der Waals surface area contributed by atoms with Gasteiger partial charge in [0.05, 0.1) is 11.5 Å². The van der Waals surface area contributed by atoms with Crippen molar-refractivity contribution in [2.24, 2.45) is 0 Å². The van der Waals surface area contributed by atoms with Crippen molar-refractivity contribution in [3.05, 3.63) is 11.3 Å². The minimum atomic E-state index is -2.93. The van der Waals surface area contributed by atoms with Crippen molar-refractivity contribution in [3.63, 3.8) is 0 Å². The molecular weight excluding hydrogens is 240 g/mol. The number of anilines is 1. The number of aromatic amines is 1. The monoisotopic (exact) mass is 256 g/mol. The van der Waals surface area contributed by atoms with Crippen LogP contribution in [0.5, 0.6) is 0 Å². The number of fused-ring (bicyclic) bond motifs is 1. The van der Waals surface area contributed by atoms with E-state index in [0.29, 0.717) is 6.42 Å². The third-order valence-electron chi connectivity index (χ3n) is 3.37. The van der Waals surface area contributed by atoms with E-state index in [-0.39, 0.29) is 11.5 Å². The van der Waals surface area contributed by atoms with Gasteiger partial charge in [-0.2, -0.15) is 5.10 Å². The predicted octanol–water partition coefficient (Wildman–Crippen LogP) is -0.710. The first-order valence-electron chi connectivity index (χ1n) is 5.88. The highest BCUT2D eigenvalue weighted by Gasteiger charge is 2.28. The molecule has 0 aromatic carbocycles. The van der Waals surface area contributed by atoms with E-state index in [4.69, 9.17) is 0 Å². The molecule has 0 saturated carbocycles. The molecule has 2 aliphatic heterocycles. The van der Waals surface area contributed by atoms with Crippen molar-refractivity contribution in [1.29, 1.82) is 0 Å². The van der Waals surface area contributed by atoms with E-state index in [9.17, 15) is 8.42 Å². The summed E-state index contributed by atoms with van der Waals surface area (Å²) >= 11 is 0. The maximum atomic E-state index is 11.7. The Kier molecular flexibility index (Phi) is 2.59. The Morgan fingerprint density at radius 1 is 1.24 bits per heavy atom. The summed E-state index contributed by atoms with van der Waals surface area (Å²) in [5, 5.41) is 10.6. The second kappa shape index (κ2) is 3.99. The Morgan fingerprint density at radius 3 is 2.76 bits per heavy atom. The Morgan fingerprint density at radius 2 is 2.00 bits per heavy atom. The van der Waals surface area contributed by atoms with Gasteiger partial charge in [0.15, 0.2) is 15.7 Å². The quantitative estimate of drug-likeness (QED) is 0.694. The van der Waals surface area contributed by atoms with Gasteiger partial charge in [0, 0.05) is 43.9 Å². The van der Waals surface area contributed by atoms with Gasteiger partial charge < -0.3 is 10.2 Å². The number of rotatable bonds is 1. The molecule has 7 heteroatoms. The Balaban J connectivity index is 1.94. The van der Waals surface area contributed by atoms with Crippen molar-refractivity contribution in [1.82, 2.24) is 15.5 Å². The fourth-order valence-corrected chi connectivity index (χ4v) is 3.84. The zero-order chi connectivity index (χ0) is 11.9. The molecule has 0 radical (unpaired) electrons. The lowest BCUT2D eigenvalue weighted by atomic mass is 10.2. The summed E-state index contributed by atoms with van der Waals surface area (Å²) in [6.45, 7) is 3.62. The van der Waals surface area contributed by atoms with Crippen LogP contribution < -0.4 is 10.2 Å². The van der Waals surface area contributed by atoms with Crippen LogP contribution in [0.15, 0.2) is 0 Å².